The van der Waals surface area contributed by atoms with Crippen molar-refractivity contribution in [1.82, 2.24) is 5.32 Å². The van der Waals surface area contributed by atoms with Crippen LogP contribution in [-0.2, 0) is 4.79 Å². The summed E-state index contributed by atoms with van der Waals surface area (Å²) in [7, 11) is 0. The van der Waals surface area contributed by atoms with E-state index in [0.717, 1.165) is 24.3 Å². The highest BCUT2D eigenvalue weighted by atomic mass is 16.5. The van der Waals surface area contributed by atoms with Gasteiger partial charge in [0.25, 0.3) is 0 Å². The summed E-state index contributed by atoms with van der Waals surface area (Å²) in [6.07, 6.45) is 5.97. The van der Waals surface area contributed by atoms with E-state index in [2.05, 4.69) is 24.5 Å². The first-order chi connectivity index (χ1) is 10.6. The Morgan fingerprint density at radius 3 is 2.68 bits per heavy atom. The molecule has 1 aliphatic carbocycles. The fourth-order valence-electron chi connectivity index (χ4n) is 2.70. The van der Waals surface area contributed by atoms with Gasteiger partial charge in [-0.1, -0.05) is 45.2 Å². The molecule has 1 aliphatic rings. The molecular weight excluding hydrogens is 276 g/mol. The van der Waals surface area contributed by atoms with Crippen LogP contribution in [-0.4, -0.2) is 25.1 Å². The molecule has 1 amide bonds. The maximum atomic E-state index is 12.0. The van der Waals surface area contributed by atoms with Crippen molar-refractivity contribution >= 4 is 11.6 Å². The Morgan fingerprint density at radius 1 is 1.23 bits per heavy atom. The SMILES string of the molecule is CC(C)COc1ccccc1NCC(=O)NC1CCCCC1. The number of amides is 1. The van der Waals surface area contributed by atoms with E-state index in [1.54, 1.807) is 0 Å². The minimum absolute atomic E-state index is 0.0607. The van der Waals surface area contributed by atoms with E-state index in [-0.39, 0.29) is 5.91 Å². The Hall–Kier alpha value is -1.71. The summed E-state index contributed by atoms with van der Waals surface area (Å²) in [4.78, 5) is 12.0. The highest BCUT2D eigenvalue weighted by molar-refractivity contribution is 5.81. The smallest absolute Gasteiger partial charge is 0.239 e. The lowest BCUT2D eigenvalue weighted by molar-refractivity contribution is -0.120. The van der Waals surface area contributed by atoms with Crippen molar-refractivity contribution in [2.45, 2.75) is 52.0 Å². The van der Waals surface area contributed by atoms with Crippen LogP contribution >= 0.6 is 0 Å². The molecule has 4 nitrogen and oxygen atoms in total. The second-order valence-electron chi connectivity index (χ2n) is 6.46. The number of hydrogen-bond acceptors (Lipinski definition) is 3. The summed E-state index contributed by atoms with van der Waals surface area (Å²) in [5, 5.41) is 6.31. The molecule has 0 bridgehead atoms. The highest BCUT2D eigenvalue weighted by Crippen LogP contribution is 2.24. The number of carbonyl (C=O) groups is 1. The summed E-state index contributed by atoms with van der Waals surface area (Å²) in [5.74, 6) is 1.34. The maximum Gasteiger partial charge on any atom is 0.239 e. The van der Waals surface area contributed by atoms with Gasteiger partial charge in [-0.05, 0) is 30.9 Å². The molecule has 0 aromatic heterocycles. The van der Waals surface area contributed by atoms with Gasteiger partial charge in [-0.25, -0.2) is 0 Å². The van der Waals surface area contributed by atoms with Crippen LogP contribution in [0.2, 0.25) is 0 Å². The fraction of sp³-hybridized carbons (Fsp3) is 0.611. The van der Waals surface area contributed by atoms with Crippen LogP contribution < -0.4 is 15.4 Å². The minimum Gasteiger partial charge on any atom is -0.491 e. The highest BCUT2D eigenvalue weighted by Gasteiger charge is 2.15. The van der Waals surface area contributed by atoms with E-state index in [1.807, 2.05) is 24.3 Å². The lowest BCUT2D eigenvalue weighted by Crippen LogP contribution is -2.39. The van der Waals surface area contributed by atoms with Gasteiger partial charge in [0.15, 0.2) is 0 Å². The van der Waals surface area contributed by atoms with Gasteiger partial charge in [-0.15, -0.1) is 0 Å². The Kier molecular flexibility index (Phi) is 6.56. The van der Waals surface area contributed by atoms with Crippen LogP contribution in [0.15, 0.2) is 24.3 Å². The predicted octanol–water partition coefficient (Wildman–Crippen LogP) is 3.58. The molecule has 0 spiro atoms. The first kappa shape index (κ1) is 16.7. The zero-order valence-electron chi connectivity index (χ0n) is 13.7. The number of carbonyl (C=O) groups excluding carboxylic acids is 1. The average Bonchev–Trinajstić information content (AvgIpc) is 2.52. The van der Waals surface area contributed by atoms with Gasteiger partial charge in [0, 0.05) is 6.04 Å². The molecule has 22 heavy (non-hydrogen) atoms. The van der Waals surface area contributed by atoms with Gasteiger partial charge in [0.2, 0.25) is 5.91 Å². The summed E-state index contributed by atoms with van der Waals surface area (Å²) >= 11 is 0. The van der Waals surface area contributed by atoms with Gasteiger partial charge in [0.05, 0.1) is 18.8 Å². The zero-order valence-corrected chi connectivity index (χ0v) is 13.7. The molecule has 0 heterocycles. The maximum absolute atomic E-state index is 12.0. The van der Waals surface area contributed by atoms with Crippen molar-refractivity contribution in [3.05, 3.63) is 24.3 Å². The van der Waals surface area contributed by atoms with Gasteiger partial charge < -0.3 is 15.4 Å². The molecule has 1 aromatic rings. The summed E-state index contributed by atoms with van der Waals surface area (Å²) in [6, 6.07) is 8.13. The van der Waals surface area contributed by atoms with E-state index in [1.165, 1.54) is 19.3 Å². The molecule has 122 valence electrons. The summed E-state index contributed by atoms with van der Waals surface area (Å²) in [5.41, 5.74) is 0.877. The quantitative estimate of drug-likeness (QED) is 0.809. The van der Waals surface area contributed by atoms with E-state index in [9.17, 15) is 4.79 Å². The molecule has 4 heteroatoms. The third kappa shape index (κ3) is 5.58. The number of benzene rings is 1. The lowest BCUT2D eigenvalue weighted by Gasteiger charge is -2.23. The summed E-state index contributed by atoms with van der Waals surface area (Å²) < 4.78 is 5.79. The van der Waals surface area contributed by atoms with Crippen LogP contribution in [0.3, 0.4) is 0 Å². The standard InChI is InChI=1S/C18H28N2O2/c1-14(2)13-22-17-11-7-6-10-16(17)19-12-18(21)20-15-8-4-3-5-9-15/h6-7,10-11,14-15,19H,3-5,8-9,12-13H2,1-2H3,(H,20,21). The second kappa shape index (κ2) is 8.66. The Morgan fingerprint density at radius 2 is 1.95 bits per heavy atom. The molecule has 1 saturated carbocycles. The lowest BCUT2D eigenvalue weighted by atomic mass is 9.95. The van der Waals surface area contributed by atoms with Crippen LogP contribution in [0.5, 0.6) is 5.75 Å². The normalized spacial score (nSPS) is 15.6. The van der Waals surface area contributed by atoms with Crippen LogP contribution in [0.25, 0.3) is 0 Å². The Balaban J connectivity index is 1.81. The minimum atomic E-state index is 0.0607. The van der Waals surface area contributed by atoms with Crippen molar-refractivity contribution in [2.24, 2.45) is 5.92 Å². The van der Waals surface area contributed by atoms with Crippen LogP contribution in [0, 0.1) is 5.92 Å². The van der Waals surface area contributed by atoms with Gasteiger partial charge >= 0.3 is 0 Å². The fourth-order valence-corrected chi connectivity index (χ4v) is 2.70. The Bertz CT molecular complexity index is 468. The van der Waals surface area contributed by atoms with Crippen LogP contribution in [0.1, 0.15) is 46.0 Å². The van der Waals surface area contributed by atoms with E-state index < -0.39 is 0 Å². The van der Waals surface area contributed by atoms with Crippen molar-refractivity contribution in [3.63, 3.8) is 0 Å². The van der Waals surface area contributed by atoms with Crippen molar-refractivity contribution in [1.29, 1.82) is 0 Å². The van der Waals surface area contributed by atoms with E-state index >= 15 is 0 Å². The monoisotopic (exact) mass is 304 g/mol. The molecule has 0 saturated heterocycles. The average molecular weight is 304 g/mol. The first-order valence-corrected chi connectivity index (χ1v) is 8.40. The second-order valence-corrected chi connectivity index (χ2v) is 6.46. The number of hydrogen-bond donors (Lipinski definition) is 2. The zero-order chi connectivity index (χ0) is 15.8. The molecule has 0 aliphatic heterocycles. The van der Waals surface area contributed by atoms with Gasteiger partial charge in [-0.2, -0.15) is 0 Å². The van der Waals surface area contributed by atoms with Gasteiger partial charge in [0.1, 0.15) is 5.75 Å². The predicted molar refractivity (Wildman–Crippen MR) is 90.3 cm³/mol. The van der Waals surface area contributed by atoms with Gasteiger partial charge in [-0.3, -0.25) is 4.79 Å². The van der Waals surface area contributed by atoms with E-state index in [4.69, 9.17) is 4.74 Å². The number of anilines is 1. The van der Waals surface area contributed by atoms with Crippen molar-refractivity contribution in [2.75, 3.05) is 18.5 Å². The van der Waals surface area contributed by atoms with Crippen LogP contribution in [0.4, 0.5) is 5.69 Å². The number of ether oxygens (including phenoxy) is 1. The first-order valence-electron chi connectivity index (χ1n) is 8.40. The molecule has 0 unspecified atom stereocenters. The Labute approximate surface area is 133 Å². The van der Waals surface area contributed by atoms with Crippen molar-refractivity contribution in [3.8, 4) is 5.75 Å². The molecule has 0 atom stereocenters. The third-order valence-electron chi connectivity index (χ3n) is 3.87. The largest absolute Gasteiger partial charge is 0.491 e. The molecule has 1 aromatic carbocycles. The molecule has 2 N–H and O–H groups in total. The molecule has 1 fully saturated rings. The molecule has 2 rings (SSSR count). The molecule has 0 radical (unpaired) electrons. The number of rotatable bonds is 7. The topological polar surface area (TPSA) is 50.4 Å². The number of para-hydroxylation sites is 2. The number of nitrogens with one attached hydrogen (secondary N) is 2. The third-order valence-corrected chi connectivity index (χ3v) is 3.87. The molecular formula is C18H28N2O2. The summed E-state index contributed by atoms with van der Waals surface area (Å²) in [6.45, 7) is 5.20. The van der Waals surface area contributed by atoms with Crippen molar-refractivity contribution < 1.29 is 9.53 Å². The van der Waals surface area contributed by atoms with E-state index in [0.29, 0.717) is 25.1 Å².